The molecule has 3 aromatic carbocycles. The highest BCUT2D eigenvalue weighted by Crippen LogP contribution is 2.28. The summed E-state index contributed by atoms with van der Waals surface area (Å²) < 4.78 is 28.8. The summed E-state index contributed by atoms with van der Waals surface area (Å²) in [5, 5.41) is 5.48. The van der Waals surface area contributed by atoms with Gasteiger partial charge in [-0.25, -0.2) is 13.2 Å². The zero-order valence-corrected chi connectivity index (χ0v) is 18.4. The van der Waals surface area contributed by atoms with E-state index in [-0.39, 0.29) is 10.9 Å². The number of amides is 2. The maximum atomic E-state index is 13.1. The van der Waals surface area contributed by atoms with Crippen molar-refractivity contribution in [1.29, 1.82) is 0 Å². The molecule has 1 aromatic heterocycles. The van der Waals surface area contributed by atoms with Gasteiger partial charge in [-0.2, -0.15) is 0 Å². The molecule has 4 rings (SSSR count). The summed E-state index contributed by atoms with van der Waals surface area (Å²) in [6.07, 6.45) is 3.32. The van der Waals surface area contributed by atoms with Gasteiger partial charge in [-0.3, -0.25) is 9.71 Å². The largest absolute Gasteiger partial charge is 0.334 e. The molecule has 0 aliphatic heterocycles. The Bertz CT molecular complexity index is 1330. The summed E-state index contributed by atoms with van der Waals surface area (Å²) >= 11 is 0. The molecule has 3 N–H and O–H groups in total. The van der Waals surface area contributed by atoms with Crippen molar-refractivity contribution in [2.45, 2.75) is 11.4 Å². The minimum atomic E-state index is -3.82. The Hall–Kier alpha value is -4.17. The van der Waals surface area contributed by atoms with Crippen molar-refractivity contribution in [3.05, 3.63) is 109 Å². The molecule has 0 bridgehead atoms. The fourth-order valence-electron chi connectivity index (χ4n) is 3.25. The molecule has 0 saturated carbocycles. The van der Waals surface area contributed by atoms with E-state index in [1.807, 2.05) is 48.5 Å². The lowest BCUT2D eigenvalue weighted by molar-refractivity contribution is 0.251. The predicted octanol–water partition coefficient (Wildman–Crippen LogP) is 4.87. The van der Waals surface area contributed by atoms with Crippen molar-refractivity contribution in [3.8, 4) is 11.1 Å². The Morgan fingerprint density at radius 1 is 0.758 bits per heavy atom. The number of rotatable bonds is 7. The fourth-order valence-corrected chi connectivity index (χ4v) is 4.54. The average molecular weight is 459 g/mol. The highest BCUT2D eigenvalue weighted by atomic mass is 32.2. The van der Waals surface area contributed by atoms with E-state index in [1.165, 1.54) is 0 Å². The van der Waals surface area contributed by atoms with E-state index in [4.69, 9.17) is 0 Å². The Kier molecular flexibility index (Phi) is 6.66. The molecule has 0 atom stereocenters. The number of nitrogens with zero attached hydrogens (tertiary/aromatic N) is 1. The number of pyridine rings is 1. The molecular weight excluding hydrogens is 436 g/mol. The molecule has 2 amide bonds. The third-order valence-electron chi connectivity index (χ3n) is 4.86. The van der Waals surface area contributed by atoms with Gasteiger partial charge in [0.1, 0.15) is 0 Å². The van der Waals surface area contributed by atoms with Crippen LogP contribution < -0.4 is 15.4 Å². The van der Waals surface area contributed by atoms with Gasteiger partial charge < -0.3 is 10.6 Å². The van der Waals surface area contributed by atoms with E-state index < -0.39 is 10.0 Å². The number of urea groups is 1. The standard InChI is InChI=1S/C25H22N4O3S/c30-25(27-18-19-14-16-26-17-15-19)28-21-10-12-22(13-11-21)29-33(31,32)24-9-5-4-8-23(24)20-6-2-1-3-7-20/h1-17,29H,18H2,(H2,27,28,30). The lowest BCUT2D eigenvalue weighted by atomic mass is 10.1. The van der Waals surface area contributed by atoms with Crippen LogP contribution in [0.3, 0.4) is 0 Å². The normalized spacial score (nSPS) is 10.9. The molecule has 33 heavy (non-hydrogen) atoms. The van der Waals surface area contributed by atoms with E-state index in [1.54, 1.807) is 54.9 Å². The minimum absolute atomic E-state index is 0.189. The van der Waals surface area contributed by atoms with Crippen LogP contribution in [-0.2, 0) is 16.6 Å². The third kappa shape index (κ3) is 5.75. The second-order valence-corrected chi connectivity index (χ2v) is 8.86. The Labute approximate surface area is 192 Å². The Morgan fingerprint density at radius 2 is 1.39 bits per heavy atom. The maximum Gasteiger partial charge on any atom is 0.319 e. The second-order valence-electron chi connectivity index (χ2n) is 7.21. The van der Waals surface area contributed by atoms with Crippen molar-refractivity contribution < 1.29 is 13.2 Å². The number of carbonyl (C=O) groups is 1. The fraction of sp³-hybridized carbons (Fsp3) is 0.0400. The molecule has 0 aliphatic rings. The van der Waals surface area contributed by atoms with Crippen molar-refractivity contribution in [3.63, 3.8) is 0 Å². The minimum Gasteiger partial charge on any atom is -0.334 e. The van der Waals surface area contributed by atoms with Gasteiger partial charge in [0.25, 0.3) is 10.0 Å². The molecule has 4 aromatic rings. The van der Waals surface area contributed by atoms with E-state index in [2.05, 4.69) is 20.3 Å². The van der Waals surface area contributed by atoms with Gasteiger partial charge in [-0.15, -0.1) is 0 Å². The zero-order chi connectivity index (χ0) is 23.1. The van der Waals surface area contributed by atoms with Gasteiger partial charge in [0.05, 0.1) is 4.90 Å². The molecular formula is C25H22N4O3S. The second kappa shape index (κ2) is 9.97. The maximum absolute atomic E-state index is 13.1. The predicted molar refractivity (Wildman–Crippen MR) is 129 cm³/mol. The topological polar surface area (TPSA) is 100 Å². The number of anilines is 2. The van der Waals surface area contributed by atoms with Crippen molar-refractivity contribution in [2.75, 3.05) is 10.0 Å². The first-order valence-electron chi connectivity index (χ1n) is 10.2. The molecule has 0 unspecified atom stereocenters. The monoisotopic (exact) mass is 458 g/mol. The van der Waals surface area contributed by atoms with Gasteiger partial charge in [-0.1, -0.05) is 48.5 Å². The summed E-state index contributed by atoms with van der Waals surface area (Å²) in [4.78, 5) is 16.2. The summed E-state index contributed by atoms with van der Waals surface area (Å²) in [5.74, 6) is 0. The molecule has 0 fully saturated rings. The van der Waals surface area contributed by atoms with E-state index in [0.717, 1.165) is 11.1 Å². The molecule has 7 nitrogen and oxygen atoms in total. The van der Waals surface area contributed by atoms with Crippen LogP contribution in [0.4, 0.5) is 16.2 Å². The van der Waals surface area contributed by atoms with Gasteiger partial charge in [0, 0.05) is 35.9 Å². The molecule has 0 spiro atoms. The summed E-state index contributed by atoms with van der Waals surface area (Å²) in [6, 6.07) is 25.9. The van der Waals surface area contributed by atoms with Crippen LogP contribution in [0.5, 0.6) is 0 Å². The highest BCUT2D eigenvalue weighted by Gasteiger charge is 2.19. The lowest BCUT2D eigenvalue weighted by Crippen LogP contribution is -2.28. The van der Waals surface area contributed by atoms with Crippen molar-refractivity contribution in [1.82, 2.24) is 10.3 Å². The Morgan fingerprint density at radius 3 is 2.12 bits per heavy atom. The number of benzene rings is 3. The van der Waals surface area contributed by atoms with Crippen molar-refractivity contribution in [2.24, 2.45) is 0 Å². The highest BCUT2D eigenvalue weighted by molar-refractivity contribution is 7.92. The number of hydrogen-bond acceptors (Lipinski definition) is 4. The third-order valence-corrected chi connectivity index (χ3v) is 6.30. The quantitative estimate of drug-likeness (QED) is 0.368. The van der Waals surface area contributed by atoms with Crippen LogP contribution in [0.15, 0.2) is 108 Å². The smallest absolute Gasteiger partial charge is 0.319 e. The zero-order valence-electron chi connectivity index (χ0n) is 17.6. The number of carbonyl (C=O) groups excluding carboxylic acids is 1. The van der Waals surface area contributed by atoms with Crippen LogP contribution in [0, 0.1) is 0 Å². The molecule has 0 aliphatic carbocycles. The Balaban J connectivity index is 1.42. The first-order chi connectivity index (χ1) is 16.0. The number of hydrogen-bond donors (Lipinski definition) is 3. The first-order valence-corrected chi connectivity index (χ1v) is 11.7. The van der Waals surface area contributed by atoms with Gasteiger partial charge in [0.2, 0.25) is 0 Å². The summed E-state index contributed by atoms with van der Waals surface area (Å²) in [7, 11) is -3.82. The van der Waals surface area contributed by atoms with Crippen LogP contribution >= 0.6 is 0 Å². The van der Waals surface area contributed by atoms with Crippen molar-refractivity contribution >= 4 is 27.4 Å². The summed E-state index contributed by atoms with van der Waals surface area (Å²) in [6.45, 7) is 0.368. The van der Waals surface area contributed by atoms with E-state index in [9.17, 15) is 13.2 Å². The number of sulfonamides is 1. The van der Waals surface area contributed by atoms with E-state index in [0.29, 0.717) is 23.5 Å². The van der Waals surface area contributed by atoms with Crippen LogP contribution in [0.1, 0.15) is 5.56 Å². The molecule has 8 heteroatoms. The molecule has 0 saturated heterocycles. The average Bonchev–Trinajstić information content (AvgIpc) is 2.85. The van der Waals surface area contributed by atoms with Crippen LogP contribution in [0.25, 0.3) is 11.1 Å². The van der Waals surface area contributed by atoms with Crippen LogP contribution in [-0.4, -0.2) is 19.4 Å². The lowest BCUT2D eigenvalue weighted by Gasteiger charge is -2.13. The van der Waals surface area contributed by atoms with Gasteiger partial charge in [-0.05, 0) is 53.6 Å². The van der Waals surface area contributed by atoms with Gasteiger partial charge in [0.15, 0.2) is 0 Å². The summed E-state index contributed by atoms with van der Waals surface area (Å²) in [5.41, 5.74) is 3.29. The molecule has 0 radical (unpaired) electrons. The molecule has 1 heterocycles. The van der Waals surface area contributed by atoms with Crippen LogP contribution in [0.2, 0.25) is 0 Å². The number of aromatic nitrogens is 1. The SMILES string of the molecule is O=C(NCc1ccncc1)Nc1ccc(NS(=O)(=O)c2ccccc2-c2ccccc2)cc1. The van der Waals surface area contributed by atoms with Gasteiger partial charge >= 0.3 is 6.03 Å². The number of nitrogens with one attached hydrogen (secondary N) is 3. The first kappa shape index (κ1) is 22.0. The van der Waals surface area contributed by atoms with E-state index >= 15 is 0 Å². The molecule has 166 valence electrons.